The number of ketones is 3. The standard InChI is InChI=1S/C17H23NO2.2C11H14O.C8H11N.C7H13NO.C3H6O.I3.2I2/c19-17(8-4-7-14-5-2-1-3-6-14)20-16-13-18-11-9-15(16)10-12-18;2*1-10(12)6-5-9-11-7-3-2-4-8-11;9-7-6-8-4-2-1-3-5-8;9-7-5-8-3-1-6(7)2-4-8;1-3(2)4;1-3-2;2*1-2/h1-3,5-6,15-16H,4,7-13H2;2*2-4,7-8H,5-6,9H2,1H3;1-5H,6-7,9H2;6-7,9H,1-5H2;1-2H3;;;/q;;;;;;-1;;/t16-;;;;7-;;;;/m0...0..../s1. The van der Waals surface area contributed by atoms with Crippen LogP contribution in [0.15, 0.2) is 121 Å². The number of hydrogen-bond acceptors (Lipinski definition) is 9. The zero-order chi connectivity index (χ0) is 54.5. The van der Waals surface area contributed by atoms with E-state index in [0.717, 1.165) is 64.6 Å². The van der Waals surface area contributed by atoms with Gasteiger partial charge in [0.05, 0.1) is 6.10 Å². The molecule has 4 aromatic carbocycles. The van der Waals surface area contributed by atoms with E-state index < -0.39 is 0 Å². The van der Waals surface area contributed by atoms with Crippen molar-refractivity contribution in [2.75, 3.05) is 45.8 Å². The second kappa shape index (κ2) is 50.5. The number of nitrogens with two attached hydrogens (primary N) is 1. The van der Waals surface area contributed by atoms with Crippen LogP contribution in [0.1, 0.15) is 114 Å². The SMILES string of the molecule is CC(=O)CCCc1ccccc1.CC(=O)CCCc1ccccc1.CC(C)=O.II.II.I[I-]I.NCCc1ccccc1.O=C(CCCc1ccccc1)O[C@H]1CN2CCC1CC2.O[C@H]1CN2CCC1CC2. The average molecular weight is 1790 g/mol. The van der Waals surface area contributed by atoms with Crippen LogP contribution in [0.3, 0.4) is 0 Å². The summed E-state index contributed by atoms with van der Waals surface area (Å²) in [5, 5.41) is 9.36. The fraction of sp³-hybridized carbons (Fsp3) is 0.509. The molecule has 6 heterocycles. The molecule has 6 aliphatic heterocycles. The number of aliphatic hydroxyl groups is 1. The first-order chi connectivity index (χ1) is 35.3. The fourth-order valence-electron chi connectivity index (χ4n) is 8.47. The normalized spacial score (nSPS) is 19.1. The van der Waals surface area contributed by atoms with Gasteiger partial charge in [0.1, 0.15) is 23.5 Å². The van der Waals surface area contributed by atoms with Crippen LogP contribution >= 0.6 is 112 Å². The monoisotopic (exact) mass is 1790 g/mol. The van der Waals surface area contributed by atoms with Crippen LogP contribution in [0.25, 0.3) is 0 Å². The summed E-state index contributed by atoms with van der Waals surface area (Å²) >= 11 is 13.8. The molecule has 2 atom stereocenters. The second-order valence-electron chi connectivity index (χ2n) is 18.3. The van der Waals surface area contributed by atoms with Gasteiger partial charge in [0.25, 0.3) is 0 Å². The summed E-state index contributed by atoms with van der Waals surface area (Å²) in [5.41, 5.74) is 10.6. The molecule has 6 aliphatic rings. The molecule has 4 aromatic rings. The Bertz CT molecular complexity index is 1870. The molecule has 6 saturated heterocycles. The summed E-state index contributed by atoms with van der Waals surface area (Å²) in [4.78, 5) is 47.4. The van der Waals surface area contributed by atoms with Gasteiger partial charge >= 0.3 is 56.5 Å². The van der Waals surface area contributed by atoms with E-state index in [1.165, 1.54) is 88.0 Å². The molecular weight excluding hydrogens is 1710 g/mol. The average Bonchev–Trinajstić information content (AvgIpc) is 3.40. The Hall–Kier alpha value is 0.310. The summed E-state index contributed by atoms with van der Waals surface area (Å²) in [6, 6.07) is 41.1. The van der Waals surface area contributed by atoms with E-state index >= 15 is 0 Å². The van der Waals surface area contributed by atoms with Crippen molar-refractivity contribution < 1.29 is 42.3 Å². The van der Waals surface area contributed by atoms with Crippen LogP contribution in [0.4, 0.5) is 0 Å². The quantitative estimate of drug-likeness (QED) is 0.0882. The minimum absolute atomic E-state index is 0.00694. The first-order valence-electron chi connectivity index (χ1n) is 25.1. The predicted molar refractivity (Wildman–Crippen MR) is 353 cm³/mol. The number of piperidine rings is 6. The summed E-state index contributed by atoms with van der Waals surface area (Å²) in [6.07, 6.45) is 13.7. The van der Waals surface area contributed by atoms with Crippen LogP contribution < -0.4 is 19.0 Å². The second-order valence-corrected chi connectivity index (χ2v) is 34.5. The van der Waals surface area contributed by atoms with Gasteiger partial charge < -0.3 is 34.9 Å². The molecule has 0 spiro atoms. The number of aryl methyl sites for hydroxylation is 3. The summed E-state index contributed by atoms with van der Waals surface area (Å²) < 4.78 is 5.68. The Morgan fingerprint density at radius 2 is 0.836 bits per heavy atom. The molecule has 0 aliphatic carbocycles. The molecule has 10 rings (SSSR count). The molecule has 410 valence electrons. The van der Waals surface area contributed by atoms with Gasteiger partial charge in [-0.1, -0.05) is 121 Å². The zero-order valence-corrected chi connectivity index (χ0v) is 58.4. The Balaban J connectivity index is 0.000000868. The van der Waals surface area contributed by atoms with E-state index in [0.29, 0.717) is 44.4 Å². The number of nitrogens with zero attached hydrogens (tertiary/aromatic N) is 2. The Morgan fingerprint density at radius 3 is 1.08 bits per heavy atom. The van der Waals surface area contributed by atoms with Crippen LogP contribution in [-0.4, -0.2) is 96.2 Å². The molecule has 3 N–H and O–H groups in total. The number of rotatable bonds is 15. The number of hydrogen-bond donors (Lipinski definition) is 2. The van der Waals surface area contributed by atoms with Gasteiger partial charge in [-0.2, -0.15) is 0 Å². The number of carbonyl (C=O) groups is 4. The number of fused-ring (bicyclic) bond motifs is 6. The third-order valence-corrected chi connectivity index (χ3v) is 12.1. The fourth-order valence-corrected chi connectivity index (χ4v) is 8.47. The van der Waals surface area contributed by atoms with Crippen molar-refractivity contribution in [3.05, 3.63) is 144 Å². The molecule has 16 heteroatoms. The van der Waals surface area contributed by atoms with Gasteiger partial charge in [-0.15, -0.1) is 0 Å². The first-order valence-corrected chi connectivity index (χ1v) is 50.3. The van der Waals surface area contributed by atoms with Crippen LogP contribution in [0.2, 0.25) is 0 Å². The smallest absolute Gasteiger partial charge is 0.306 e. The molecule has 0 aromatic heterocycles. The Morgan fingerprint density at radius 1 is 0.534 bits per heavy atom. The van der Waals surface area contributed by atoms with Gasteiger partial charge in [-0.25, -0.2) is 0 Å². The van der Waals surface area contributed by atoms with Gasteiger partial charge in [-0.3, -0.25) is 9.69 Å². The number of aliphatic hydroxyl groups excluding tert-OH is 1. The van der Waals surface area contributed by atoms with Gasteiger partial charge in [0.2, 0.25) is 0 Å². The van der Waals surface area contributed by atoms with Gasteiger partial charge in [0.15, 0.2) is 0 Å². The molecule has 0 amide bonds. The topological polar surface area (TPSA) is 130 Å². The number of ether oxygens (including phenoxy) is 1. The van der Waals surface area contributed by atoms with Crippen molar-refractivity contribution in [3.63, 3.8) is 0 Å². The molecule has 73 heavy (non-hydrogen) atoms. The van der Waals surface area contributed by atoms with E-state index in [1.807, 2.05) is 72.8 Å². The number of halogens is 7. The van der Waals surface area contributed by atoms with Crippen LogP contribution in [0.5, 0.6) is 0 Å². The maximum Gasteiger partial charge on any atom is 0.306 e. The maximum absolute atomic E-state index is 11.9. The van der Waals surface area contributed by atoms with E-state index in [1.54, 1.807) is 13.8 Å². The first kappa shape index (κ1) is 73.3. The molecule has 9 nitrogen and oxygen atoms in total. The predicted octanol–water partition coefficient (Wildman–Crippen LogP) is 12.0. The van der Waals surface area contributed by atoms with E-state index in [4.69, 9.17) is 10.5 Å². The van der Waals surface area contributed by atoms with Crippen LogP contribution in [0, 0.1) is 11.8 Å². The molecule has 0 radical (unpaired) electrons. The van der Waals surface area contributed by atoms with Gasteiger partial charge in [0, 0.05) is 107 Å². The van der Waals surface area contributed by atoms with E-state index in [2.05, 4.69) is 170 Å². The molecular formula is C57H81I7N3O6-. The Labute approximate surface area is 516 Å². The minimum atomic E-state index is -0.0142. The van der Waals surface area contributed by atoms with Crippen molar-refractivity contribution in [1.29, 1.82) is 0 Å². The number of Topliss-reactive ketones (excluding diaryl/α,β-unsaturated/α-hetero) is 3. The third-order valence-electron chi connectivity index (χ3n) is 12.1. The number of esters is 1. The summed E-state index contributed by atoms with van der Waals surface area (Å²) in [7, 11) is 0. The van der Waals surface area contributed by atoms with Crippen molar-refractivity contribution in [3.8, 4) is 0 Å². The van der Waals surface area contributed by atoms with Crippen molar-refractivity contribution >= 4 is 135 Å². The van der Waals surface area contributed by atoms with E-state index in [9.17, 15) is 24.3 Å². The molecule has 4 bridgehead atoms. The zero-order valence-electron chi connectivity index (χ0n) is 43.3. The summed E-state index contributed by atoms with van der Waals surface area (Å²) in [5.74, 6) is 1.96. The number of carbonyl (C=O) groups excluding carboxylic acids is 4. The van der Waals surface area contributed by atoms with Crippen molar-refractivity contribution in [2.45, 2.75) is 130 Å². The van der Waals surface area contributed by atoms with Crippen molar-refractivity contribution in [1.82, 2.24) is 9.80 Å². The largest absolute Gasteiger partial charge is 0.461 e. The number of benzene rings is 4. The molecule has 6 fully saturated rings. The molecule has 0 unspecified atom stereocenters. The minimum Gasteiger partial charge on any atom is -0.461 e. The third kappa shape index (κ3) is 41.1. The van der Waals surface area contributed by atoms with Crippen LogP contribution in [-0.2, 0) is 49.6 Å². The summed E-state index contributed by atoms with van der Waals surface area (Å²) in [6.45, 7) is 13.8. The van der Waals surface area contributed by atoms with Gasteiger partial charge in [-0.05, 0) is 165 Å². The van der Waals surface area contributed by atoms with E-state index in [-0.39, 0.29) is 35.5 Å². The Kier molecular flexibility index (Phi) is 50.7. The maximum atomic E-state index is 11.9. The molecule has 0 saturated carbocycles. The van der Waals surface area contributed by atoms with Crippen molar-refractivity contribution in [2.24, 2.45) is 17.6 Å².